The molecule has 0 radical (unpaired) electrons. The van der Waals surface area contributed by atoms with Crippen molar-refractivity contribution < 1.29 is 4.79 Å². The Morgan fingerprint density at radius 1 is 1.19 bits per heavy atom. The first-order valence-corrected chi connectivity index (χ1v) is 6.86. The number of carbonyl (C=O) groups excluding carboxylic acids is 1. The first kappa shape index (κ1) is 13.9. The van der Waals surface area contributed by atoms with Gasteiger partial charge in [0, 0.05) is 22.4 Å². The molecule has 1 aliphatic rings. The minimum Gasteiger partial charge on any atom is -0.369 e. The van der Waals surface area contributed by atoms with Crippen molar-refractivity contribution in [3.8, 4) is 0 Å². The van der Waals surface area contributed by atoms with Gasteiger partial charge in [-0.2, -0.15) is 4.98 Å². The zero-order chi connectivity index (χ0) is 15.1. The molecule has 0 spiro atoms. The molecule has 2 aromatic rings. The van der Waals surface area contributed by atoms with E-state index in [1.807, 2.05) is 0 Å². The second kappa shape index (κ2) is 5.05. The molecule has 1 aliphatic heterocycles. The van der Waals surface area contributed by atoms with E-state index in [-0.39, 0.29) is 24.1 Å². The Kier molecular flexibility index (Phi) is 3.35. The smallest absolute Gasteiger partial charge is 0.258 e. The molecule has 0 fully saturated rings. The molecule has 108 valence electrons. The quantitative estimate of drug-likeness (QED) is 0.747. The van der Waals surface area contributed by atoms with Crippen LogP contribution in [0.25, 0.3) is 0 Å². The van der Waals surface area contributed by atoms with E-state index >= 15 is 0 Å². The number of H-pyrrole nitrogens is 1. The molecule has 8 heteroatoms. The third-order valence-electron chi connectivity index (χ3n) is 3.32. The van der Waals surface area contributed by atoms with Gasteiger partial charge in [-0.15, -0.1) is 0 Å². The molecule has 1 amide bonds. The van der Waals surface area contributed by atoms with E-state index in [1.165, 1.54) is 0 Å². The highest BCUT2D eigenvalue weighted by Gasteiger charge is 2.33. The average Bonchev–Trinajstić information content (AvgIpc) is 2.36. The highest BCUT2D eigenvalue weighted by Crippen LogP contribution is 2.40. The molecule has 21 heavy (non-hydrogen) atoms. The number of nitrogen functional groups attached to an aromatic ring is 1. The van der Waals surface area contributed by atoms with Gasteiger partial charge in [0.1, 0.15) is 5.82 Å². The first-order valence-electron chi connectivity index (χ1n) is 6.11. The van der Waals surface area contributed by atoms with Gasteiger partial charge in [-0.25, -0.2) is 0 Å². The molecule has 1 aromatic heterocycles. The lowest BCUT2D eigenvalue weighted by Gasteiger charge is -2.25. The number of rotatable bonds is 1. The van der Waals surface area contributed by atoms with Crippen LogP contribution in [0.15, 0.2) is 23.0 Å². The fourth-order valence-corrected chi connectivity index (χ4v) is 3.14. The summed E-state index contributed by atoms with van der Waals surface area (Å²) in [5.74, 6) is -0.758. The van der Waals surface area contributed by atoms with Gasteiger partial charge < -0.3 is 11.1 Å². The Hall–Kier alpha value is -2.05. The van der Waals surface area contributed by atoms with Crippen LogP contribution < -0.4 is 16.6 Å². The van der Waals surface area contributed by atoms with E-state index in [9.17, 15) is 9.59 Å². The van der Waals surface area contributed by atoms with Crippen molar-refractivity contribution in [3.05, 3.63) is 49.7 Å². The van der Waals surface area contributed by atoms with Gasteiger partial charge in [0.05, 0.1) is 5.56 Å². The van der Waals surface area contributed by atoms with Gasteiger partial charge in [0.2, 0.25) is 11.9 Å². The monoisotopic (exact) mass is 324 g/mol. The Bertz CT molecular complexity index is 783. The molecular formula is C13H10Cl2N4O2. The molecule has 0 bridgehead atoms. The van der Waals surface area contributed by atoms with Gasteiger partial charge in [-0.3, -0.25) is 14.6 Å². The van der Waals surface area contributed by atoms with Crippen LogP contribution in [0.2, 0.25) is 10.0 Å². The van der Waals surface area contributed by atoms with E-state index in [4.69, 9.17) is 28.9 Å². The van der Waals surface area contributed by atoms with Crippen LogP contribution in [0.4, 0.5) is 11.8 Å². The molecule has 1 aromatic carbocycles. The summed E-state index contributed by atoms with van der Waals surface area (Å²) in [6, 6.07) is 5.02. The third kappa shape index (κ3) is 2.36. The Morgan fingerprint density at radius 3 is 2.52 bits per heavy atom. The Morgan fingerprint density at radius 2 is 1.86 bits per heavy atom. The lowest BCUT2D eigenvalue weighted by molar-refractivity contribution is -0.116. The van der Waals surface area contributed by atoms with Crippen molar-refractivity contribution in [2.24, 2.45) is 0 Å². The SMILES string of the molecule is Nc1nc2c(c(=O)[nH]1)[C@@H](c1c(Cl)cccc1Cl)CC(=O)N2. The molecular weight excluding hydrogens is 315 g/mol. The van der Waals surface area contributed by atoms with Gasteiger partial charge in [0.25, 0.3) is 5.56 Å². The van der Waals surface area contributed by atoms with E-state index in [0.29, 0.717) is 21.2 Å². The fourth-order valence-electron chi connectivity index (χ4n) is 2.48. The number of amides is 1. The van der Waals surface area contributed by atoms with Gasteiger partial charge in [-0.1, -0.05) is 29.3 Å². The second-order valence-corrected chi connectivity index (χ2v) is 5.47. The lowest BCUT2D eigenvalue weighted by Crippen LogP contribution is -2.31. The summed E-state index contributed by atoms with van der Waals surface area (Å²) < 4.78 is 0. The van der Waals surface area contributed by atoms with Crippen LogP contribution in [0.3, 0.4) is 0 Å². The standard InChI is InChI=1S/C13H10Cl2N4O2/c14-6-2-1-3-7(15)9(6)5-4-8(20)17-11-10(5)12(21)19-13(16)18-11/h1-3,5H,4H2,(H4,16,17,18,19,20,21)/t5-/m1/s1. The zero-order valence-corrected chi connectivity index (χ0v) is 12.1. The number of nitrogens with one attached hydrogen (secondary N) is 2. The number of nitrogens with zero attached hydrogens (tertiary/aromatic N) is 1. The van der Waals surface area contributed by atoms with Gasteiger partial charge in [-0.05, 0) is 17.7 Å². The number of hydrogen-bond acceptors (Lipinski definition) is 4. The van der Waals surface area contributed by atoms with Crippen molar-refractivity contribution in [1.82, 2.24) is 9.97 Å². The first-order chi connectivity index (χ1) is 9.97. The number of aromatic amines is 1. The minimum absolute atomic E-state index is 0.0606. The maximum absolute atomic E-state index is 12.2. The minimum atomic E-state index is -0.563. The largest absolute Gasteiger partial charge is 0.369 e. The fraction of sp³-hybridized carbons (Fsp3) is 0.154. The van der Waals surface area contributed by atoms with Crippen LogP contribution in [0.1, 0.15) is 23.5 Å². The number of fused-ring (bicyclic) bond motifs is 1. The van der Waals surface area contributed by atoms with Crippen LogP contribution in [-0.4, -0.2) is 15.9 Å². The van der Waals surface area contributed by atoms with Crippen molar-refractivity contribution in [2.45, 2.75) is 12.3 Å². The number of hydrogen-bond donors (Lipinski definition) is 3. The van der Waals surface area contributed by atoms with Crippen molar-refractivity contribution in [1.29, 1.82) is 0 Å². The normalized spacial score (nSPS) is 17.2. The number of aromatic nitrogens is 2. The number of carbonyl (C=O) groups is 1. The van der Waals surface area contributed by atoms with Crippen LogP contribution >= 0.6 is 23.2 Å². The second-order valence-electron chi connectivity index (χ2n) is 4.65. The highest BCUT2D eigenvalue weighted by molar-refractivity contribution is 6.36. The summed E-state index contributed by atoms with van der Waals surface area (Å²) in [6.07, 6.45) is 0.0606. The summed E-state index contributed by atoms with van der Waals surface area (Å²) in [7, 11) is 0. The molecule has 0 saturated carbocycles. The molecule has 4 N–H and O–H groups in total. The third-order valence-corrected chi connectivity index (χ3v) is 3.98. The summed E-state index contributed by atoms with van der Waals surface area (Å²) in [4.78, 5) is 30.4. The van der Waals surface area contributed by atoms with E-state index in [0.717, 1.165) is 0 Å². The molecule has 0 unspecified atom stereocenters. The number of benzene rings is 1. The Balaban J connectivity index is 2.27. The van der Waals surface area contributed by atoms with Crippen LogP contribution in [-0.2, 0) is 4.79 Å². The lowest BCUT2D eigenvalue weighted by atomic mass is 9.86. The van der Waals surface area contributed by atoms with E-state index < -0.39 is 11.5 Å². The summed E-state index contributed by atoms with van der Waals surface area (Å²) in [5.41, 5.74) is 5.92. The summed E-state index contributed by atoms with van der Waals surface area (Å²) in [5, 5.41) is 3.33. The predicted molar refractivity (Wildman–Crippen MR) is 80.8 cm³/mol. The molecule has 1 atom stereocenters. The van der Waals surface area contributed by atoms with Gasteiger partial charge >= 0.3 is 0 Å². The number of halogens is 2. The van der Waals surface area contributed by atoms with Crippen LogP contribution in [0, 0.1) is 0 Å². The topological polar surface area (TPSA) is 101 Å². The average molecular weight is 325 g/mol. The molecule has 3 rings (SSSR count). The van der Waals surface area contributed by atoms with Crippen molar-refractivity contribution >= 4 is 40.9 Å². The van der Waals surface area contributed by atoms with E-state index in [1.54, 1.807) is 18.2 Å². The zero-order valence-electron chi connectivity index (χ0n) is 10.6. The predicted octanol–water partition coefficient (Wildman–Crippen LogP) is 2.13. The Labute approximate surface area is 129 Å². The van der Waals surface area contributed by atoms with Crippen LogP contribution in [0.5, 0.6) is 0 Å². The molecule has 0 aliphatic carbocycles. The van der Waals surface area contributed by atoms with Crippen molar-refractivity contribution in [3.63, 3.8) is 0 Å². The number of nitrogens with two attached hydrogens (primary N) is 1. The molecule has 6 nitrogen and oxygen atoms in total. The number of anilines is 2. The van der Waals surface area contributed by atoms with E-state index in [2.05, 4.69) is 15.3 Å². The molecule has 0 saturated heterocycles. The summed E-state index contributed by atoms with van der Waals surface area (Å²) >= 11 is 12.4. The van der Waals surface area contributed by atoms with Gasteiger partial charge in [0.15, 0.2) is 0 Å². The van der Waals surface area contributed by atoms with Crippen molar-refractivity contribution in [2.75, 3.05) is 11.1 Å². The highest BCUT2D eigenvalue weighted by atomic mass is 35.5. The maximum atomic E-state index is 12.2. The maximum Gasteiger partial charge on any atom is 0.258 e. The summed E-state index contributed by atoms with van der Waals surface area (Å²) in [6.45, 7) is 0. The molecule has 2 heterocycles.